The van der Waals surface area contributed by atoms with Gasteiger partial charge in [0.1, 0.15) is 0 Å². The van der Waals surface area contributed by atoms with E-state index in [1.807, 2.05) is 6.08 Å². The zero-order valence-electron chi connectivity index (χ0n) is 9.12. The van der Waals surface area contributed by atoms with Crippen molar-refractivity contribution in [2.45, 2.75) is 32.1 Å². The first-order valence-electron chi connectivity index (χ1n) is 5.02. The highest BCUT2D eigenvalue weighted by Gasteiger charge is 1.97. The molecular formula is C11H20O3. The molecule has 0 radical (unpaired) electrons. The highest BCUT2D eigenvalue weighted by Crippen LogP contribution is 2.04. The molecule has 14 heavy (non-hydrogen) atoms. The van der Waals surface area contributed by atoms with Crippen molar-refractivity contribution in [3.05, 3.63) is 12.2 Å². The highest BCUT2D eigenvalue weighted by molar-refractivity contribution is 5.68. The van der Waals surface area contributed by atoms with Crippen LogP contribution in [-0.2, 0) is 14.3 Å². The number of methoxy groups -OCH3 is 2. The first-order valence-corrected chi connectivity index (χ1v) is 5.02. The molecule has 3 nitrogen and oxygen atoms in total. The number of rotatable bonds is 8. The monoisotopic (exact) mass is 200 g/mol. The second-order valence-electron chi connectivity index (χ2n) is 3.10. The summed E-state index contributed by atoms with van der Waals surface area (Å²) >= 11 is 0. The summed E-state index contributed by atoms with van der Waals surface area (Å²) in [6, 6.07) is 0. The molecule has 0 atom stereocenters. The lowest BCUT2D eigenvalue weighted by molar-refractivity contribution is -0.140. The van der Waals surface area contributed by atoms with Crippen LogP contribution in [0.1, 0.15) is 32.1 Å². The van der Waals surface area contributed by atoms with Gasteiger partial charge in [-0.05, 0) is 19.3 Å². The van der Waals surface area contributed by atoms with Crippen LogP contribution in [0.3, 0.4) is 0 Å². The van der Waals surface area contributed by atoms with Gasteiger partial charge in [-0.3, -0.25) is 4.79 Å². The van der Waals surface area contributed by atoms with E-state index in [2.05, 4.69) is 10.8 Å². The van der Waals surface area contributed by atoms with Gasteiger partial charge in [-0.1, -0.05) is 18.6 Å². The SMILES string of the molecule is COCC=CCCCCCC(=O)OC. The molecule has 0 saturated carbocycles. The summed E-state index contributed by atoms with van der Waals surface area (Å²) in [5.74, 6) is -0.111. The van der Waals surface area contributed by atoms with Crippen molar-refractivity contribution in [3.63, 3.8) is 0 Å². The van der Waals surface area contributed by atoms with Gasteiger partial charge in [0, 0.05) is 13.5 Å². The van der Waals surface area contributed by atoms with Crippen LogP contribution in [0.5, 0.6) is 0 Å². The Kier molecular flexibility index (Phi) is 9.64. The van der Waals surface area contributed by atoms with Crippen molar-refractivity contribution in [2.75, 3.05) is 20.8 Å². The van der Waals surface area contributed by atoms with E-state index in [9.17, 15) is 4.79 Å². The Morgan fingerprint density at radius 2 is 1.93 bits per heavy atom. The normalized spacial score (nSPS) is 10.7. The lowest BCUT2D eigenvalue weighted by atomic mass is 10.1. The number of hydrogen-bond acceptors (Lipinski definition) is 3. The van der Waals surface area contributed by atoms with Gasteiger partial charge in [0.05, 0.1) is 13.7 Å². The van der Waals surface area contributed by atoms with Gasteiger partial charge in [-0.15, -0.1) is 0 Å². The minimum atomic E-state index is -0.111. The van der Waals surface area contributed by atoms with E-state index in [4.69, 9.17) is 4.74 Å². The van der Waals surface area contributed by atoms with Crippen molar-refractivity contribution in [1.82, 2.24) is 0 Å². The summed E-state index contributed by atoms with van der Waals surface area (Å²) in [6.07, 6.45) is 8.85. The Morgan fingerprint density at radius 1 is 1.14 bits per heavy atom. The fourth-order valence-electron chi connectivity index (χ4n) is 1.09. The van der Waals surface area contributed by atoms with E-state index < -0.39 is 0 Å². The summed E-state index contributed by atoms with van der Waals surface area (Å²) < 4.78 is 9.41. The fourth-order valence-corrected chi connectivity index (χ4v) is 1.09. The van der Waals surface area contributed by atoms with Gasteiger partial charge in [0.25, 0.3) is 0 Å². The third kappa shape index (κ3) is 9.26. The Hall–Kier alpha value is -0.830. The van der Waals surface area contributed by atoms with Gasteiger partial charge in [0.2, 0.25) is 0 Å². The third-order valence-electron chi connectivity index (χ3n) is 1.91. The molecule has 0 unspecified atom stereocenters. The van der Waals surface area contributed by atoms with Gasteiger partial charge >= 0.3 is 5.97 Å². The average molecular weight is 200 g/mol. The second-order valence-corrected chi connectivity index (χ2v) is 3.10. The number of hydrogen-bond donors (Lipinski definition) is 0. The number of carbonyl (C=O) groups excluding carboxylic acids is 1. The van der Waals surface area contributed by atoms with E-state index in [1.165, 1.54) is 7.11 Å². The lowest BCUT2D eigenvalue weighted by Crippen LogP contribution is -1.98. The molecule has 0 spiro atoms. The van der Waals surface area contributed by atoms with E-state index in [-0.39, 0.29) is 5.97 Å². The molecule has 82 valence electrons. The number of allylic oxidation sites excluding steroid dienone is 1. The topological polar surface area (TPSA) is 35.5 Å². The number of esters is 1. The van der Waals surface area contributed by atoms with E-state index in [0.717, 1.165) is 25.7 Å². The maximum Gasteiger partial charge on any atom is 0.305 e. The Balaban J connectivity index is 3.10. The van der Waals surface area contributed by atoms with Crippen LogP contribution in [-0.4, -0.2) is 26.8 Å². The maximum absolute atomic E-state index is 10.7. The molecule has 0 aromatic rings. The standard InChI is InChI=1S/C11H20O3/c1-13-10-8-6-4-3-5-7-9-11(12)14-2/h6,8H,3-5,7,9-10H2,1-2H3. The fraction of sp³-hybridized carbons (Fsp3) is 0.727. The molecule has 0 aromatic heterocycles. The maximum atomic E-state index is 10.7. The summed E-state index contributed by atoms with van der Waals surface area (Å²) in [5.41, 5.74) is 0. The predicted octanol–water partition coefficient (Wildman–Crippen LogP) is 2.31. The third-order valence-corrected chi connectivity index (χ3v) is 1.91. The van der Waals surface area contributed by atoms with Crippen LogP contribution < -0.4 is 0 Å². The average Bonchev–Trinajstić information content (AvgIpc) is 2.21. The first-order chi connectivity index (χ1) is 6.81. The molecule has 0 heterocycles. The van der Waals surface area contributed by atoms with Gasteiger partial charge in [-0.2, -0.15) is 0 Å². The van der Waals surface area contributed by atoms with Crippen molar-refractivity contribution in [1.29, 1.82) is 0 Å². The van der Waals surface area contributed by atoms with Crippen molar-refractivity contribution >= 4 is 5.97 Å². The molecule has 0 aromatic carbocycles. The lowest BCUT2D eigenvalue weighted by Gasteiger charge is -1.98. The zero-order valence-corrected chi connectivity index (χ0v) is 9.12. The molecule has 0 rings (SSSR count). The van der Waals surface area contributed by atoms with Gasteiger partial charge in [0.15, 0.2) is 0 Å². The summed E-state index contributed by atoms with van der Waals surface area (Å²) in [7, 11) is 3.11. The van der Waals surface area contributed by atoms with E-state index in [0.29, 0.717) is 13.0 Å². The molecular weight excluding hydrogens is 180 g/mol. The van der Waals surface area contributed by atoms with Gasteiger partial charge < -0.3 is 9.47 Å². The smallest absolute Gasteiger partial charge is 0.305 e. The van der Waals surface area contributed by atoms with E-state index in [1.54, 1.807) is 7.11 Å². The molecule has 0 N–H and O–H groups in total. The summed E-state index contributed by atoms with van der Waals surface area (Å²) in [5, 5.41) is 0. The van der Waals surface area contributed by atoms with Crippen LogP contribution in [0.25, 0.3) is 0 Å². The van der Waals surface area contributed by atoms with Crippen LogP contribution >= 0.6 is 0 Å². The second kappa shape index (κ2) is 10.3. The van der Waals surface area contributed by atoms with Crippen LogP contribution in [0.4, 0.5) is 0 Å². The van der Waals surface area contributed by atoms with Crippen molar-refractivity contribution < 1.29 is 14.3 Å². The number of unbranched alkanes of at least 4 members (excludes halogenated alkanes) is 3. The predicted molar refractivity (Wildman–Crippen MR) is 56.1 cm³/mol. The first kappa shape index (κ1) is 13.2. The number of carbonyl (C=O) groups is 1. The minimum Gasteiger partial charge on any atom is -0.469 e. The Morgan fingerprint density at radius 3 is 2.57 bits per heavy atom. The Bertz CT molecular complexity index is 164. The van der Waals surface area contributed by atoms with Crippen LogP contribution in [0.2, 0.25) is 0 Å². The van der Waals surface area contributed by atoms with Crippen LogP contribution in [0.15, 0.2) is 12.2 Å². The van der Waals surface area contributed by atoms with Gasteiger partial charge in [-0.25, -0.2) is 0 Å². The molecule has 0 amide bonds. The molecule has 0 aliphatic rings. The summed E-state index contributed by atoms with van der Waals surface area (Å²) in [6.45, 7) is 0.683. The van der Waals surface area contributed by atoms with Crippen LogP contribution in [0, 0.1) is 0 Å². The molecule has 0 fully saturated rings. The minimum absolute atomic E-state index is 0.111. The molecule has 0 aliphatic heterocycles. The van der Waals surface area contributed by atoms with Crippen molar-refractivity contribution in [3.8, 4) is 0 Å². The number of ether oxygens (including phenoxy) is 2. The summed E-state index contributed by atoms with van der Waals surface area (Å²) in [4.78, 5) is 10.7. The highest BCUT2D eigenvalue weighted by atomic mass is 16.5. The molecule has 0 bridgehead atoms. The van der Waals surface area contributed by atoms with Crippen molar-refractivity contribution in [2.24, 2.45) is 0 Å². The Labute approximate surface area is 86.1 Å². The zero-order chi connectivity index (χ0) is 10.6. The largest absolute Gasteiger partial charge is 0.469 e. The molecule has 3 heteroatoms. The quantitative estimate of drug-likeness (QED) is 0.342. The molecule has 0 aliphatic carbocycles. The van der Waals surface area contributed by atoms with E-state index >= 15 is 0 Å². The molecule has 0 saturated heterocycles.